The van der Waals surface area contributed by atoms with Crippen molar-refractivity contribution in [3.63, 3.8) is 0 Å². The van der Waals surface area contributed by atoms with Crippen LogP contribution in [0.3, 0.4) is 0 Å². The van der Waals surface area contributed by atoms with Gasteiger partial charge in [0.15, 0.2) is 0 Å². The molecule has 0 aliphatic heterocycles. The largest absolute Gasteiger partial charge is 0.502 e. The molecule has 0 radical (unpaired) electrons. The minimum atomic E-state index is -4.11. The van der Waals surface area contributed by atoms with Gasteiger partial charge in [0.2, 0.25) is 0 Å². The van der Waals surface area contributed by atoms with Crippen LogP contribution in [-0.2, 0) is 9.53 Å². The summed E-state index contributed by atoms with van der Waals surface area (Å²) in [6, 6.07) is 2.85. The zero-order valence-electron chi connectivity index (χ0n) is 8.68. The van der Waals surface area contributed by atoms with Crippen molar-refractivity contribution in [1.29, 1.82) is 0 Å². The first-order valence-corrected chi connectivity index (χ1v) is 5.35. The van der Waals surface area contributed by atoms with Crippen molar-refractivity contribution in [2.75, 3.05) is 6.61 Å². The molecule has 0 saturated carbocycles. The van der Waals surface area contributed by atoms with E-state index in [0.29, 0.717) is 0 Å². The molecule has 0 atom stereocenters. The number of halogens is 4. The van der Waals surface area contributed by atoms with E-state index in [0.717, 1.165) is 18.2 Å². The molecule has 0 fully saturated rings. The van der Waals surface area contributed by atoms with E-state index in [1.54, 1.807) is 0 Å². The maximum atomic E-state index is 13.2. The van der Waals surface area contributed by atoms with E-state index in [9.17, 15) is 18.0 Å². The highest BCUT2D eigenvalue weighted by Gasteiger charge is 2.44. The minimum absolute atomic E-state index is 0.0264. The smallest absolute Gasteiger partial charge is 0.459 e. The van der Waals surface area contributed by atoms with Gasteiger partial charge in [0.05, 0.1) is 11.1 Å². The van der Waals surface area contributed by atoms with E-state index in [2.05, 4.69) is 25.4 Å². The Hall–Kier alpha value is -1.24. The quantitative estimate of drug-likeness (QED) is 0.801. The molecule has 0 aliphatic carbocycles. The van der Waals surface area contributed by atoms with E-state index in [4.69, 9.17) is 0 Å². The standard InChI is InChI=1S/C10H8BrF3O3/c1-2-16-9(15)10(13,14)17-8-4-3-6(12)5-7(8)11/h3-5H,2H2,1H3. The summed E-state index contributed by atoms with van der Waals surface area (Å²) in [6.07, 6.45) is -4.11. The number of carbonyl (C=O) groups is 1. The molecule has 7 heteroatoms. The van der Waals surface area contributed by atoms with Crippen LogP contribution in [0, 0.1) is 5.82 Å². The third kappa shape index (κ3) is 3.62. The monoisotopic (exact) mass is 312 g/mol. The van der Waals surface area contributed by atoms with Crippen LogP contribution in [0.2, 0.25) is 0 Å². The lowest BCUT2D eigenvalue weighted by Crippen LogP contribution is -2.37. The molecular formula is C10H8BrF3O3. The van der Waals surface area contributed by atoms with Crippen molar-refractivity contribution < 1.29 is 27.4 Å². The third-order valence-corrected chi connectivity index (χ3v) is 2.26. The average molecular weight is 313 g/mol. The van der Waals surface area contributed by atoms with E-state index >= 15 is 0 Å². The van der Waals surface area contributed by atoms with Crippen LogP contribution in [0.1, 0.15) is 6.92 Å². The SMILES string of the molecule is CCOC(=O)C(F)(F)Oc1ccc(F)cc1Br. The molecule has 0 aliphatic rings. The highest BCUT2D eigenvalue weighted by Crippen LogP contribution is 2.30. The van der Waals surface area contributed by atoms with Crippen LogP contribution in [0.15, 0.2) is 22.7 Å². The lowest BCUT2D eigenvalue weighted by molar-refractivity contribution is -0.216. The van der Waals surface area contributed by atoms with Crippen LogP contribution in [-0.4, -0.2) is 18.7 Å². The fourth-order valence-electron chi connectivity index (χ4n) is 0.953. The van der Waals surface area contributed by atoms with Crippen molar-refractivity contribution in [3.05, 3.63) is 28.5 Å². The number of carbonyl (C=O) groups excluding carboxylic acids is 1. The molecule has 0 N–H and O–H groups in total. The summed E-state index contributed by atoms with van der Waals surface area (Å²) in [4.78, 5) is 10.9. The molecule has 3 nitrogen and oxygen atoms in total. The molecule has 1 aromatic rings. The Balaban J connectivity index is 2.86. The number of benzene rings is 1. The van der Waals surface area contributed by atoms with Gasteiger partial charge in [-0.05, 0) is 41.1 Å². The summed E-state index contributed by atoms with van der Waals surface area (Å²) in [7, 11) is 0. The van der Waals surface area contributed by atoms with Gasteiger partial charge in [-0.25, -0.2) is 9.18 Å². The third-order valence-electron chi connectivity index (χ3n) is 1.65. The zero-order chi connectivity index (χ0) is 13.1. The fourth-order valence-corrected chi connectivity index (χ4v) is 1.38. The molecule has 0 bridgehead atoms. The lowest BCUT2D eigenvalue weighted by Gasteiger charge is -2.16. The van der Waals surface area contributed by atoms with Gasteiger partial charge in [0.1, 0.15) is 11.6 Å². The summed E-state index contributed by atoms with van der Waals surface area (Å²) >= 11 is 2.84. The second kappa shape index (κ2) is 5.39. The molecule has 1 rings (SSSR count). The average Bonchev–Trinajstić information content (AvgIpc) is 2.22. The molecule has 94 valence electrons. The second-order valence-electron chi connectivity index (χ2n) is 2.91. The van der Waals surface area contributed by atoms with E-state index < -0.39 is 17.9 Å². The van der Waals surface area contributed by atoms with Crippen LogP contribution in [0.4, 0.5) is 13.2 Å². The van der Waals surface area contributed by atoms with Crippen LogP contribution >= 0.6 is 15.9 Å². The second-order valence-corrected chi connectivity index (χ2v) is 3.77. The van der Waals surface area contributed by atoms with Crippen LogP contribution in [0.25, 0.3) is 0 Å². The summed E-state index contributed by atoms with van der Waals surface area (Å²) in [5.74, 6) is -2.77. The summed E-state index contributed by atoms with van der Waals surface area (Å²) in [6.45, 7) is 1.20. The van der Waals surface area contributed by atoms with E-state index in [1.807, 2.05) is 0 Å². The molecule has 0 heterocycles. The maximum Gasteiger partial charge on any atom is 0.502 e. The molecule has 0 aromatic heterocycles. The van der Waals surface area contributed by atoms with Crippen molar-refractivity contribution in [2.45, 2.75) is 13.0 Å². The van der Waals surface area contributed by atoms with Crippen LogP contribution < -0.4 is 4.74 Å². The Labute approximate surface area is 104 Å². The van der Waals surface area contributed by atoms with Gasteiger partial charge < -0.3 is 9.47 Å². The zero-order valence-corrected chi connectivity index (χ0v) is 10.3. The number of alkyl halides is 2. The first-order valence-electron chi connectivity index (χ1n) is 4.56. The van der Waals surface area contributed by atoms with Gasteiger partial charge >= 0.3 is 12.1 Å². The van der Waals surface area contributed by atoms with Crippen molar-refractivity contribution in [2.24, 2.45) is 0 Å². The van der Waals surface area contributed by atoms with Crippen molar-refractivity contribution in [1.82, 2.24) is 0 Å². The number of hydrogen-bond donors (Lipinski definition) is 0. The molecule has 1 aromatic carbocycles. The van der Waals surface area contributed by atoms with Gasteiger partial charge in [-0.15, -0.1) is 0 Å². The highest BCUT2D eigenvalue weighted by molar-refractivity contribution is 9.10. The predicted octanol–water partition coefficient (Wildman–Crippen LogP) is 3.12. The summed E-state index contributed by atoms with van der Waals surface area (Å²) in [5.41, 5.74) is 0. The highest BCUT2D eigenvalue weighted by atomic mass is 79.9. The molecule has 0 unspecified atom stereocenters. The topological polar surface area (TPSA) is 35.5 Å². The Morgan fingerprint density at radius 1 is 1.47 bits per heavy atom. The molecule has 0 spiro atoms. The fraction of sp³-hybridized carbons (Fsp3) is 0.300. The number of ether oxygens (including phenoxy) is 2. The Morgan fingerprint density at radius 2 is 2.12 bits per heavy atom. The van der Waals surface area contributed by atoms with Crippen molar-refractivity contribution >= 4 is 21.9 Å². The normalized spacial score (nSPS) is 11.1. The summed E-state index contributed by atoms with van der Waals surface area (Å²) < 4.78 is 47.3. The first-order chi connectivity index (χ1) is 7.86. The van der Waals surface area contributed by atoms with E-state index in [-0.39, 0.29) is 16.8 Å². The molecule has 17 heavy (non-hydrogen) atoms. The lowest BCUT2D eigenvalue weighted by atomic mass is 10.3. The first kappa shape index (κ1) is 13.8. The Kier molecular flexibility index (Phi) is 4.39. The summed E-state index contributed by atoms with van der Waals surface area (Å²) in [5, 5.41) is 0. The predicted molar refractivity (Wildman–Crippen MR) is 56.3 cm³/mol. The molecule has 0 amide bonds. The molecular weight excluding hydrogens is 305 g/mol. The van der Waals surface area contributed by atoms with Gasteiger partial charge in [0.25, 0.3) is 0 Å². The van der Waals surface area contributed by atoms with Crippen LogP contribution in [0.5, 0.6) is 5.75 Å². The number of hydrogen-bond acceptors (Lipinski definition) is 3. The van der Waals surface area contributed by atoms with Gasteiger partial charge in [-0.1, -0.05) is 0 Å². The number of rotatable bonds is 4. The molecule has 0 saturated heterocycles. The Bertz CT molecular complexity index is 423. The van der Waals surface area contributed by atoms with Gasteiger partial charge in [0, 0.05) is 0 Å². The van der Waals surface area contributed by atoms with Crippen molar-refractivity contribution in [3.8, 4) is 5.75 Å². The van der Waals surface area contributed by atoms with Gasteiger partial charge in [-0.3, -0.25) is 0 Å². The minimum Gasteiger partial charge on any atom is -0.459 e. The Morgan fingerprint density at radius 3 is 2.65 bits per heavy atom. The van der Waals surface area contributed by atoms with E-state index in [1.165, 1.54) is 6.92 Å². The maximum absolute atomic E-state index is 13.2. The van der Waals surface area contributed by atoms with Gasteiger partial charge in [-0.2, -0.15) is 8.78 Å². The number of esters is 1.